The van der Waals surface area contributed by atoms with Crippen LogP contribution in [0.15, 0.2) is 18.2 Å². The lowest BCUT2D eigenvalue weighted by atomic mass is 10.1. The van der Waals surface area contributed by atoms with Crippen LogP contribution in [0.3, 0.4) is 0 Å². The molecule has 1 rings (SSSR count). The zero-order valence-electron chi connectivity index (χ0n) is 11.2. The number of nitrogens with two attached hydrogens (primary N) is 1. The first-order valence-electron chi connectivity index (χ1n) is 6.32. The maximum absolute atomic E-state index is 12.4. The van der Waals surface area contributed by atoms with Gasteiger partial charge in [0.1, 0.15) is 0 Å². The van der Waals surface area contributed by atoms with Gasteiger partial charge in [0.25, 0.3) is 0 Å². The molecule has 0 radical (unpaired) electrons. The topological polar surface area (TPSA) is 67.2 Å². The number of rotatable bonds is 6. The van der Waals surface area contributed by atoms with Crippen molar-refractivity contribution in [3.05, 3.63) is 23.8 Å². The van der Waals surface area contributed by atoms with E-state index in [4.69, 9.17) is 5.73 Å². The fraction of sp³-hybridized carbons (Fsp3) is 0.462. The molecule has 1 aromatic rings. The first-order chi connectivity index (χ1) is 9.34. The molecule has 0 fully saturated rings. The smallest absolute Gasteiger partial charge is 0.397 e. The SMILES string of the molecule is CCCNC(=O)CCNc1ccc(C(F)(F)F)cc1N. The van der Waals surface area contributed by atoms with Crippen molar-refractivity contribution in [1.82, 2.24) is 5.32 Å². The van der Waals surface area contributed by atoms with Crippen molar-refractivity contribution >= 4 is 17.3 Å². The predicted octanol–water partition coefficient (Wildman–Crippen LogP) is 2.62. The number of benzene rings is 1. The average molecular weight is 289 g/mol. The molecule has 0 aliphatic heterocycles. The minimum atomic E-state index is -4.41. The summed E-state index contributed by atoms with van der Waals surface area (Å²) in [7, 11) is 0. The van der Waals surface area contributed by atoms with Crippen molar-refractivity contribution in [2.24, 2.45) is 0 Å². The Morgan fingerprint density at radius 3 is 2.55 bits per heavy atom. The van der Waals surface area contributed by atoms with Gasteiger partial charge in [0.05, 0.1) is 16.9 Å². The number of carbonyl (C=O) groups is 1. The van der Waals surface area contributed by atoms with E-state index in [1.54, 1.807) is 0 Å². The van der Waals surface area contributed by atoms with Crippen LogP contribution in [0.25, 0.3) is 0 Å². The normalized spacial score (nSPS) is 11.2. The van der Waals surface area contributed by atoms with E-state index in [9.17, 15) is 18.0 Å². The van der Waals surface area contributed by atoms with Crippen LogP contribution in [0.5, 0.6) is 0 Å². The lowest BCUT2D eigenvalue weighted by molar-refractivity contribution is -0.137. The number of alkyl halides is 3. The molecule has 0 heterocycles. The highest BCUT2D eigenvalue weighted by molar-refractivity contribution is 5.76. The molecule has 0 aliphatic carbocycles. The summed E-state index contributed by atoms with van der Waals surface area (Å²) in [6.07, 6.45) is -3.32. The maximum Gasteiger partial charge on any atom is 0.416 e. The quantitative estimate of drug-likeness (QED) is 0.705. The van der Waals surface area contributed by atoms with Crippen molar-refractivity contribution in [3.63, 3.8) is 0 Å². The van der Waals surface area contributed by atoms with E-state index < -0.39 is 11.7 Å². The van der Waals surface area contributed by atoms with Gasteiger partial charge in [-0.25, -0.2) is 0 Å². The Balaban J connectivity index is 2.51. The summed E-state index contributed by atoms with van der Waals surface area (Å²) in [5.41, 5.74) is 5.16. The molecule has 0 saturated heterocycles. The molecular weight excluding hydrogens is 271 g/mol. The van der Waals surface area contributed by atoms with Crippen molar-refractivity contribution < 1.29 is 18.0 Å². The second-order valence-corrected chi connectivity index (χ2v) is 4.33. The predicted molar refractivity (Wildman–Crippen MR) is 72.3 cm³/mol. The minimum Gasteiger partial charge on any atom is -0.397 e. The molecular formula is C13H18F3N3O. The number of nitrogens with one attached hydrogen (secondary N) is 2. The first-order valence-corrected chi connectivity index (χ1v) is 6.32. The Morgan fingerprint density at radius 1 is 1.30 bits per heavy atom. The van der Waals surface area contributed by atoms with E-state index in [2.05, 4.69) is 10.6 Å². The molecule has 0 spiro atoms. The molecule has 7 heteroatoms. The Morgan fingerprint density at radius 2 is 2.00 bits per heavy atom. The van der Waals surface area contributed by atoms with E-state index in [-0.39, 0.29) is 18.0 Å². The molecule has 20 heavy (non-hydrogen) atoms. The average Bonchev–Trinajstić information content (AvgIpc) is 2.37. The number of anilines is 2. The van der Waals surface area contributed by atoms with Gasteiger partial charge in [-0.1, -0.05) is 6.92 Å². The highest BCUT2D eigenvalue weighted by Crippen LogP contribution is 2.32. The molecule has 1 amide bonds. The number of carbonyl (C=O) groups excluding carboxylic acids is 1. The molecule has 0 atom stereocenters. The van der Waals surface area contributed by atoms with Gasteiger partial charge in [-0.05, 0) is 24.6 Å². The van der Waals surface area contributed by atoms with Gasteiger partial charge in [-0.15, -0.1) is 0 Å². The van der Waals surface area contributed by atoms with Gasteiger partial charge in [0, 0.05) is 19.5 Å². The summed E-state index contributed by atoms with van der Waals surface area (Å²) in [5.74, 6) is -0.107. The van der Waals surface area contributed by atoms with E-state index >= 15 is 0 Å². The molecule has 1 aromatic carbocycles. The summed E-state index contributed by atoms with van der Waals surface area (Å²) in [5, 5.41) is 5.55. The Labute approximate surface area is 115 Å². The molecule has 0 bridgehead atoms. The van der Waals surface area contributed by atoms with Crippen LogP contribution in [0.2, 0.25) is 0 Å². The molecule has 112 valence electrons. The van der Waals surface area contributed by atoms with Crippen LogP contribution in [-0.4, -0.2) is 19.0 Å². The first kappa shape index (κ1) is 16.1. The van der Waals surface area contributed by atoms with Gasteiger partial charge >= 0.3 is 6.18 Å². The second kappa shape index (κ2) is 7.02. The summed E-state index contributed by atoms with van der Waals surface area (Å²) in [6, 6.07) is 3.09. The number of hydrogen-bond donors (Lipinski definition) is 3. The Hall–Kier alpha value is -1.92. The molecule has 4 N–H and O–H groups in total. The molecule has 0 aromatic heterocycles. The van der Waals surface area contributed by atoms with Crippen molar-refractivity contribution in [2.75, 3.05) is 24.1 Å². The van der Waals surface area contributed by atoms with Crippen LogP contribution >= 0.6 is 0 Å². The van der Waals surface area contributed by atoms with E-state index in [1.807, 2.05) is 6.92 Å². The zero-order chi connectivity index (χ0) is 15.2. The second-order valence-electron chi connectivity index (χ2n) is 4.33. The van der Waals surface area contributed by atoms with Crippen LogP contribution < -0.4 is 16.4 Å². The zero-order valence-corrected chi connectivity index (χ0v) is 11.2. The van der Waals surface area contributed by atoms with Crippen LogP contribution in [0.4, 0.5) is 24.5 Å². The summed E-state index contributed by atoms with van der Waals surface area (Å²) >= 11 is 0. The van der Waals surface area contributed by atoms with Crippen molar-refractivity contribution in [1.29, 1.82) is 0 Å². The van der Waals surface area contributed by atoms with Gasteiger partial charge < -0.3 is 16.4 Å². The maximum atomic E-state index is 12.4. The monoisotopic (exact) mass is 289 g/mol. The van der Waals surface area contributed by atoms with Gasteiger partial charge in [0.15, 0.2) is 0 Å². The van der Waals surface area contributed by atoms with Crippen molar-refractivity contribution in [3.8, 4) is 0 Å². The Bertz CT molecular complexity index is 461. The van der Waals surface area contributed by atoms with Gasteiger partial charge in [0.2, 0.25) is 5.91 Å². The third-order valence-electron chi connectivity index (χ3n) is 2.62. The van der Waals surface area contributed by atoms with E-state index in [0.717, 1.165) is 18.6 Å². The van der Waals surface area contributed by atoms with Crippen molar-refractivity contribution in [2.45, 2.75) is 25.9 Å². The fourth-order valence-corrected chi connectivity index (χ4v) is 1.56. The number of hydrogen-bond acceptors (Lipinski definition) is 3. The third-order valence-corrected chi connectivity index (χ3v) is 2.62. The molecule has 4 nitrogen and oxygen atoms in total. The molecule has 0 aliphatic rings. The van der Waals surface area contributed by atoms with E-state index in [0.29, 0.717) is 18.8 Å². The molecule has 0 unspecified atom stereocenters. The largest absolute Gasteiger partial charge is 0.416 e. The van der Waals surface area contributed by atoms with Crippen LogP contribution in [0.1, 0.15) is 25.3 Å². The van der Waals surface area contributed by atoms with Gasteiger partial charge in [-0.3, -0.25) is 4.79 Å². The minimum absolute atomic E-state index is 0.00814. The lowest BCUT2D eigenvalue weighted by Crippen LogP contribution is -2.26. The summed E-state index contributed by atoms with van der Waals surface area (Å²) in [6.45, 7) is 2.87. The standard InChI is InChI=1S/C13H18F3N3O/c1-2-6-19-12(20)5-7-18-11-4-3-9(8-10(11)17)13(14,15)16/h3-4,8,18H,2,5-7,17H2,1H3,(H,19,20). The number of nitrogen functional groups attached to an aromatic ring is 1. The highest BCUT2D eigenvalue weighted by atomic mass is 19.4. The fourth-order valence-electron chi connectivity index (χ4n) is 1.56. The molecule has 0 saturated carbocycles. The highest BCUT2D eigenvalue weighted by Gasteiger charge is 2.30. The summed E-state index contributed by atoms with van der Waals surface area (Å²) < 4.78 is 37.3. The van der Waals surface area contributed by atoms with Crippen LogP contribution in [0, 0.1) is 0 Å². The van der Waals surface area contributed by atoms with E-state index in [1.165, 1.54) is 6.07 Å². The third kappa shape index (κ3) is 4.99. The van der Waals surface area contributed by atoms with Crippen LogP contribution in [-0.2, 0) is 11.0 Å². The van der Waals surface area contributed by atoms with Gasteiger partial charge in [-0.2, -0.15) is 13.2 Å². The number of amides is 1. The summed E-state index contributed by atoms with van der Waals surface area (Å²) in [4.78, 5) is 11.3. The lowest BCUT2D eigenvalue weighted by Gasteiger charge is -2.12. The Kier molecular flexibility index (Phi) is 5.66. The number of halogens is 3.